The van der Waals surface area contributed by atoms with E-state index in [2.05, 4.69) is 42.2 Å². The van der Waals surface area contributed by atoms with Crippen LogP contribution in [0.2, 0.25) is 0 Å². The molecule has 1 aliphatic carbocycles. The number of nitrogens with zero attached hydrogens (tertiary/aromatic N) is 2. The average Bonchev–Trinajstić information content (AvgIpc) is 3.86. The molecule has 74 heavy (non-hydrogen) atoms. The zero-order chi connectivity index (χ0) is 53.8. The van der Waals surface area contributed by atoms with Crippen molar-refractivity contribution in [3.63, 3.8) is 0 Å². The quantitative estimate of drug-likeness (QED) is 0.0391. The first-order valence-electron chi connectivity index (χ1n) is 24.7. The molecule has 7 atom stereocenters. The van der Waals surface area contributed by atoms with Crippen LogP contribution in [0.1, 0.15) is 88.7 Å². The highest BCUT2D eigenvalue weighted by Gasteiger charge is 2.42. The van der Waals surface area contributed by atoms with Crippen molar-refractivity contribution in [2.45, 2.75) is 137 Å². The lowest BCUT2D eigenvalue weighted by molar-refractivity contribution is -0.142. The van der Waals surface area contributed by atoms with Crippen molar-refractivity contribution in [3.05, 3.63) is 71.8 Å². The molecule has 2 aromatic rings. The van der Waals surface area contributed by atoms with Gasteiger partial charge in [0.2, 0.25) is 59.1 Å². The fourth-order valence-corrected chi connectivity index (χ4v) is 12.4. The highest BCUT2D eigenvalue weighted by molar-refractivity contribution is 8.77. The van der Waals surface area contributed by atoms with Crippen LogP contribution >= 0.6 is 21.6 Å². The van der Waals surface area contributed by atoms with Crippen LogP contribution in [-0.2, 0) is 60.8 Å². The van der Waals surface area contributed by atoms with Crippen molar-refractivity contribution >= 4 is 86.6 Å². The Morgan fingerprint density at radius 1 is 0.743 bits per heavy atom. The highest BCUT2D eigenvalue weighted by atomic mass is 33.1. The molecular formula is C49H69N13O10S2. The molecular weight excluding hydrogens is 995 g/mol. The Morgan fingerprint density at radius 2 is 1.34 bits per heavy atom. The summed E-state index contributed by atoms with van der Waals surface area (Å²) in [6.07, 6.45) is 3.94. The third-order valence-electron chi connectivity index (χ3n) is 12.8. The average molecular weight is 1060 g/mol. The monoisotopic (exact) mass is 1060 g/mol. The van der Waals surface area contributed by atoms with Crippen molar-refractivity contribution in [2.75, 3.05) is 25.4 Å². The number of hydrogen-bond donors (Lipinski definition) is 11. The van der Waals surface area contributed by atoms with Gasteiger partial charge in [0.05, 0.1) is 13.0 Å². The number of primary amides is 2. The number of nitrogens with one attached hydrogen (secondary N) is 7. The Kier molecular flexibility index (Phi) is 22.4. The molecule has 2 heterocycles. The summed E-state index contributed by atoms with van der Waals surface area (Å²) in [5.74, 6) is -7.83. The molecule has 0 unspecified atom stereocenters. The zero-order valence-electron chi connectivity index (χ0n) is 41.4. The number of likely N-dealkylation sites (tertiary alicyclic amines) is 1. The SMILES string of the molecule is C[C@@H]1NC(=O)[C@H](Cc2ccccc2)NC(=O)[C@@H](Cc2ccccc2)NC(=O)CC2(CCCCC2)SSC[C@@H](C(=O)N2CCC[C@H]2C(=O)N[C@@H](CCCN=C(N)N)C(=O)NCC(N)=O)NC(=O)[C@H](CC(N)=O)NC1=O. The Morgan fingerprint density at radius 3 is 1.95 bits per heavy atom. The minimum absolute atomic E-state index is 0.00492. The van der Waals surface area contributed by atoms with Gasteiger partial charge in [0.25, 0.3) is 0 Å². The molecule has 0 radical (unpaired) electrons. The number of nitrogens with two attached hydrogens (primary N) is 4. The molecule has 3 aliphatic rings. The summed E-state index contributed by atoms with van der Waals surface area (Å²) in [7, 11) is 2.60. The predicted octanol–water partition coefficient (Wildman–Crippen LogP) is -1.59. The van der Waals surface area contributed by atoms with Crippen LogP contribution in [0, 0.1) is 0 Å². The molecule has 3 fully saturated rings. The smallest absolute Gasteiger partial charge is 0.246 e. The van der Waals surface area contributed by atoms with Gasteiger partial charge in [-0.15, -0.1) is 0 Å². The predicted molar refractivity (Wildman–Crippen MR) is 279 cm³/mol. The van der Waals surface area contributed by atoms with E-state index in [0.717, 1.165) is 24.8 Å². The van der Waals surface area contributed by atoms with Crippen LogP contribution in [0.5, 0.6) is 0 Å². The van der Waals surface area contributed by atoms with E-state index in [4.69, 9.17) is 22.9 Å². The molecule has 23 nitrogen and oxygen atoms in total. The van der Waals surface area contributed by atoms with Crippen molar-refractivity contribution < 1.29 is 47.9 Å². The molecule has 402 valence electrons. The Labute approximate surface area is 437 Å². The lowest BCUT2D eigenvalue weighted by Crippen LogP contribution is -2.60. The van der Waals surface area contributed by atoms with E-state index in [0.29, 0.717) is 24.8 Å². The normalized spacial score (nSPS) is 23.6. The van der Waals surface area contributed by atoms with Gasteiger partial charge in [-0.1, -0.05) is 102 Å². The third-order valence-corrected chi connectivity index (χ3v) is 16.1. The lowest BCUT2D eigenvalue weighted by Gasteiger charge is -2.37. The van der Waals surface area contributed by atoms with Crippen molar-refractivity contribution in [1.29, 1.82) is 0 Å². The van der Waals surface area contributed by atoms with Crippen LogP contribution < -0.4 is 60.2 Å². The maximum absolute atomic E-state index is 14.8. The number of carbonyl (C=O) groups excluding carboxylic acids is 10. The number of amides is 10. The fraction of sp³-hybridized carbons (Fsp3) is 0.531. The van der Waals surface area contributed by atoms with E-state index in [-0.39, 0.29) is 63.3 Å². The minimum Gasteiger partial charge on any atom is -0.370 e. The summed E-state index contributed by atoms with van der Waals surface area (Å²) in [6.45, 7) is 1.05. The topological polar surface area (TPSA) is 375 Å². The Hall–Kier alpha value is -6.89. The van der Waals surface area contributed by atoms with E-state index in [1.807, 2.05) is 30.3 Å². The summed E-state index contributed by atoms with van der Waals surface area (Å²) in [5, 5.41) is 18.6. The molecule has 1 spiro atoms. The second-order valence-electron chi connectivity index (χ2n) is 18.8. The lowest BCUT2D eigenvalue weighted by atomic mass is 9.85. The molecule has 15 N–H and O–H groups in total. The Balaban J connectivity index is 1.47. The van der Waals surface area contributed by atoms with Crippen molar-refractivity contribution in [1.82, 2.24) is 42.1 Å². The summed E-state index contributed by atoms with van der Waals surface area (Å²) in [5.41, 5.74) is 23.1. The molecule has 2 aliphatic heterocycles. The van der Waals surface area contributed by atoms with Gasteiger partial charge in [0.15, 0.2) is 5.96 Å². The molecule has 10 amide bonds. The number of hydrogen-bond acceptors (Lipinski definition) is 13. The summed E-state index contributed by atoms with van der Waals surface area (Å²) in [6, 6.07) is 8.92. The maximum atomic E-state index is 14.8. The van der Waals surface area contributed by atoms with Gasteiger partial charge < -0.3 is 65.1 Å². The number of aliphatic imine (C=N–C) groups is 1. The van der Waals surface area contributed by atoms with Gasteiger partial charge in [-0.25, -0.2) is 0 Å². The van der Waals surface area contributed by atoms with Crippen LogP contribution in [0.3, 0.4) is 0 Å². The first-order chi connectivity index (χ1) is 35.3. The second kappa shape index (κ2) is 28.5. The third kappa shape index (κ3) is 18.2. The van der Waals surface area contributed by atoms with Crippen LogP contribution in [-0.4, -0.2) is 142 Å². The molecule has 1 saturated carbocycles. The first-order valence-corrected chi connectivity index (χ1v) is 27.0. The Bertz CT molecular complexity index is 2360. The van der Waals surface area contributed by atoms with Crippen molar-refractivity contribution in [3.8, 4) is 0 Å². The van der Waals surface area contributed by atoms with E-state index in [1.54, 1.807) is 30.3 Å². The second-order valence-corrected chi connectivity index (χ2v) is 21.6. The van der Waals surface area contributed by atoms with Gasteiger partial charge >= 0.3 is 0 Å². The maximum Gasteiger partial charge on any atom is 0.246 e. The number of benzene rings is 2. The van der Waals surface area contributed by atoms with Crippen LogP contribution in [0.15, 0.2) is 65.7 Å². The first kappa shape index (κ1) is 58.0. The summed E-state index contributed by atoms with van der Waals surface area (Å²) < 4.78 is -0.686. The summed E-state index contributed by atoms with van der Waals surface area (Å²) >= 11 is 0. The largest absolute Gasteiger partial charge is 0.370 e. The fourth-order valence-electron chi connectivity index (χ4n) is 9.02. The van der Waals surface area contributed by atoms with E-state index < -0.39 is 119 Å². The molecule has 0 aromatic heterocycles. The number of carbonyl (C=O) groups is 10. The minimum atomic E-state index is -1.64. The van der Waals surface area contributed by atoms with E-state index >= 15 is 0 Å². The van der Waals surface area contributed by atoms with E-state index in [1.165, 1.54) is 33.4 Å². The molecule has 2 aromatic carbocycles. The number of rotatable bonds is 16. The van der Waals surface area contributed by atoms with Crippen LogP contribution in [0.4, 0.5) is 0 Å². The van der Waals surface area contributed by atoms with Gasteiger partial charge in [-0.05, 0) is 56.6 Å². The number of guanidine groups is 1. The molecule has 2 saturated heterocycles. The van der Waals surface area contributed by atoms with Gasteiger partial charge in [0.1, 0.15) is 42.3 Å². The standard InChI is InChI=1S/C49H69N13O10S2/c1-29-41(66)59-35(25-38(50)63)45(70)61-36(47(72)62-22-12-18-37(62)46(71)58-32(17-11-21-54-48(52)53)42(67)55-27-39(51)64)28-73-74-49(19-9-4-10-20-49)26-40(65)57-33(23-30-13-5-2-6-14-30)44(69)60-34(43(68)56-29)24-31-15-7-3-8-16-31/h2-3,5-8,13-16,29,32-37H,4,9-12,17-28H2,1H3,(H2,50,63)(H2,51,64)(H,55,67)(H,56,68)(H,57,65)(H,58,71)(H,59,66)(H,60,69)(H,61,70)(H4,52,53,54)/t29-,32-,33+,34-,35-,36-,37-/m0/s1. The van der Waals surface area contributed by atoms with Crippen molar-refractivity contribution in [2.24, 2.45) is 27.9 Å². The highest BCUT2D eigenvalue weighted by Crippen LogP contribution is 2.48. The summed E-state index contributed by atoms with van der Waals surface area (Å²) in [4.78, 5) is 142. The zero-order valence-corrected chi connectivity index (χ0v) is 43.1. The van der Waals surface area contributed by atoms with Gasteiger partial charge in [-0.3, -0.25) is 52.9 Å². The van der Waals surface area contributed by atoms with Gasteiger partial charge in [0, 0.05) is 42.9 Å². The molecule has 25 heteroatoms. The molecule has 0 bridgehead atoms. The van der Waals surface area contributed by atoms with E-state index in [9.17, 15) is 47.9 Å². The van der Waals surface area contributed by atoms with Gasteiger partial charge in [-0.2, -0.15) is 0 Å². The molecule has 5 rings (SSSR count). The van der Waals surface area contributed by atoms with Crippen LogP contribution in [0.25, 0.3) is 0 Å².